The van der Waals surface area contributed by atoms with Crippen molar-refractivity contribution in [1.82, 2.24) is 10.2 Å². The Balaban J connectivity index is 2.06. The van der Waals surface area contributed by atoms with Crippen molar-refractivity contribution in [3.05, 3.63) is 23.3 Å². The van der Waals surface area contributed by atoms with E-state index >= 15 is 0 Å². The summed E-state index contributed by atoms with van der Waals surface area (Å²) in [5, 5.41) is 2.60. The molecule has 14 heteroatoms. The second-order valence-corrected chi connectivity index (χ2v) is 14.8. The van der Waals surface area contributed by atoms with Gasteiger partial charge in [0.15, 0.2) is 0 Å². The van der Waals surface area contributed by atoms with Crippen molar-refractivity contribution in [3.8, 4) is 0 Å². The Kier molecular flexibility index (Phi) is 9.11. The molecule has 0 radical (unpaired) electrons. The molecule has 3 rings (SSSR count). The van der Waals surface area contributed by atoms with Crippen LogP contribution in [0.4, 0.5) is 9.59 Å². The molecule has 42 heavy (non-hydrogen) atoms. The van der Waals surface area contributed by atoms with Crippen LogP contribution in [0.1, 0.15) is 74.1 Å². The number of alkyl carbamates (subject to hydrolysis) is 1. The van der Waals surface area contributed by atoms with Crippen molar-refractivity contribution in [2.75, 3.05) is 19.9 Å². The van der Waals surface area contributed by atoms with Gasteiger partial charge < -0.3 is 14.2 Å². The first-order valence-corrected chi connectivity index (χ1v) is 15.5. The molecule has 1 N–H and O–H groups in total. The number of methoxy groups -OCH3 is 1. The van der Waals surface area contributed by atoms with Gasteiger partial charge in [-0.05, 0) is 82.9 Å². The first kappa shape index (κ1) is 33.0. The van der Waals surface area contributed by atoms with Crippen LogP contribution in [0.2, 0.25) is 0 Å². The number of hydrogen-bond acceptors (Lipinski definition) is 10. The fraction of sp³-hybridized carbons (Fsp3) is 0.643. The highest BCUT2D eigenvalue weighted by atomic mass is 32.2. The molecule has 1 aliphatic heterocycles. The summed E-state index contributed by atoms with van der Waals surface area (Å²) in [6, 6.07) is 0. The highest BCUT2D eigenvalue weighted by molar-refractivity contribution is 7.85. The van der Waals surface area contributed by atoms with Gasteiger partial charge in [-0.2, -0.15) is 13.2 Å². The van der Waals surface area contributed by atoms with Gasteiger partial charge in [-0.25, -0.2) is 14.6 Å². The lowest BCUT2D eigenvalue weighted by Crippen LogP contribution is -2.55. The SMILES string of the molecule is COC(=O)C1=CC(=[N+](C(=O)OC(C)(C)C)S(C)(=O)=O)CC(CN2C(=O)CC(C)(C3CC3)N=C2NC(=O)OC(C)(C)C)=C1. The highest BCUT2D eigenvalue weighted by Gasteiger charge is 2.48. The van der Waals surface area contributed by atoms with E-state index in [1.165, 1.54) is 17.1 Å². The fourth-order valence-corrected chi connectivity index (χ4v) is 5.52. The van der Waals surface area contributed by atoms with Crippen molar-refractivity contribution in [2.24, 2.45) is 10.9 Å². The Bertz CT molecular complexity index is 1410. The maximum atomic E-state index is 13.5. The standard InChI is InChI=1S/C28H40N4O9S/c1-26(2,3)40-24(35)29-23-30-28(7,19-10-11-19)15-21(33)31(23)16-17-12-18(22(34)39-8)14-20(13-17)32(42(9,37)38)25(36)41-27(4,5)6/h12,14,19H,10-11,13,15-16H2,1-9H3/p+1. The second kappa shape index (κ2) is 11.6. The van der Waals surface area contributed by atoms with Crippen molar-refractivity contribution in [3.63, 3.8) is 0 Å². The summed E-state index contributed by atoms with van der Waals surface area (Å²) < 4.78 is 41.6. The van der Waals surface area contributed by atoms with E-state index in [1.807, 2.05) is 6.92 Å². The van der Waals surface area contributed by atoms with Crippen LogP contribution in [-0.2, 0) is 33.8 Å². The highest BCUT2D eigenvalue weighted by Crippen LogP contribution is 2.45. The Morgan fingerprint density at radius 2 is 1.69 bits per heavy atom. The minimum atomic E-state index is -4.20. The van der Waals surface area contributed by atoms with Crippen molar-refractivity contribution >= 4 is 45.8 Å². The molecule has 0 bridgehead atoms. The minimum Gasteiger partial charge on any atom is -0.465 e. The van der Waals surface area contributed by atoms with Crippen LogP contribution in [0.25, 0.3) is 0 Å². The molecule has 3 amide bonds. The molecular weight excluding hydrogens is 568 g/mol. The summed E-state index contributed by atoms with van der Waals surface area (Å²) in [6.07, 6.45) is 3.36. The fourth-order valence-electron chi connectivity index (χ4n) is 4.67. The number of sulfonamides is 1. The van der Waals surface area contributed by atoms with Crippen molar-refractivity contribution in [2.45, 2.75) is 90.9 Å². The van der Waals surface area contributed by atoms with Crippen molar-refractivity contribution < 1.29 is 45.8 Å². The number of rotatable bonds is 5. The van der Waals surface area contributed by atoms with E-state index in [0.29, 0.717) is 9.55 Å². The number of guanidine groups is 1. The largest absolute Gasteiger partial charge is 0.615 e. The van der Waals surface area contributed by atoms with Crippen LogP contribution < -0.4 is 5.32 Å². The quantitative estimate of drug-likeness (QED) is 0.281. The van der Waals surface area contributed by atoms with E-state index in [4.69, 9.17) is 19.2 Å². The Hall–Kier alpha value is -3.55. The molecule has 0 aromatic heterocycles. The third-order valence-electron chi connectivity index (χ3n) is 6.52. The maximum absolute atomic E-state index is 13.5. The van der Waals surface area contributed by atoms with E-state index in [1.54, 1.807) is 41.5 Å². The van der Waals surface area contributed by atoms with E-state index in [2.05, 4.69) is 5.32 Å². The average Bonchev–Trinajstić information content (AvgIpc) is 3.63. The lowest BCUT2D eigenvalue weighted by atomic mass is 9.90. The summed E-state index contributed by atoms with van der Waals surface area (Å²) in [7, 11) is -3.04. The smallest absolute Gasteiger partial charge is 0.465 e. The van der Waals surface area contributed by atoms with Gasteiger partial charge in [-0.15, -0.1) is 0 Å². The van der Waals surface area contributed by atoms with Gasteiger partial charge in [0, 0.05) is 6.08 Å². The summed E-state index contributed by atoms with van der Waals surface area (Å²) in [4.78, 5) is 57.9. The number of allylic oxidation sites excluding steroid dienone is 1. The maximum Gasteiger partial charge on any atom is 0.615 e. The molecule has 13 nitrogen and oxygen atoms in total. The number of esters is 1. The molecule has 0 spiro atoms. The lowest BCUT2D eigenvalue weighted by Gasteiger charge is -2.37. The normalized spacial score (nSPS) is 22.8. The van der Waals surface area contributed by atoms with Crippen LogP contribution in [-0.4, -0.2) is 89.7 Å². The number of hydrogen-bond donors (Lipinski definition) is 1. The Morgan fingerprint density at radius 3 is 2.19 bits per heavy atom. The molecule has 2 aliphatic carbocycles. The first-order chi connectivity index (χ1) is 19.1. The summed E-state index contributed by atoms with van der Waals surface area (Å²) >= 11 is 0. The molecule has 1 heterocycles. The molecule has 1 fully saturated rings. The van der Waals surface area contributed by atoms with E-state index < -0.39 is 44.9 Å². The molecule has 232 valence electrons. The number of carbonyl (C=O) groups excluding carboxylic acids is 4. The van der Waals surface area contributed by atoms with E-state index in [0.717, 1.165) is 26.2 Å². The number of carbonyl (C=O) groups is 4. The summed E-state index contributed by atoms with van der Waals surface area (Å²) in [6.45, 7) is 11.6. The van der Waals surface area contributed by atoms with Crippen LogP contribution in [0.3, 0.4) is 0 Å². The van der Waals surface area contributed by atoms with Gasteiger partial charge in [0.25, 0.3) is 0 Å². The number of aliphatic imine (C=N–C) groups is 1. The third kappa shape index (κ3) is 8.49. The van der Waals surface area contributed by atoms with Gasteiger partial charge in [-0.1, -0.05) is 0 Å². The van der Waals surface area contributed by atoms with Gasteiger partial charge in [-0.3, -0.25) is 15.0 Å². The Labute approximate surface area is 246 Å². The summed E-state index contributed by atoms with van der Waals surface area (Å²) in [5.41, 5.74) is -2.26. The van der Waals surface area contributed by atoms with Crippen molar-refractivity contribution in [1.29, 1.82) is 0 Å². The van der Waals surface area contributed by atoms with Crippen LogP contribution in [0, 0.1) is 5.92 Å². The zero-order valence-corrected chi connectivity index (χ0v) is 26.5. The van der Waals surface area contributed by atoms with E-state index in [-0.39, 0.29) is 48.5 Å². The lowest BCUT2D eigenvalue weighted by molar-refractivity contribution is -0.294. The molecule has 0 saturated heterocycles. The van der Waals surface area contributed by atoms with E-state index in [9.17, 15) is 27.6 Å². The van der Waals surface area contributed by atoms with Gasteiger partial charge in [0.05, 0.1) is 37.6 Å². The minimum absolute atomic E-state index is 0.0152. The van der Waals surface area contributed by atoms with Gasteiger partial charge >= 0.3 is 28.2 Å². The number of amides is 3. The second-order valence-electron chi connectivity index (χ2n) is 12.9. The predicted molar refractivity (Wildman–Crippen MR) is 153 cm³/mol. The molecule has 1 saturated carbocycles. The zero-order chi connectivity index (χ0) is 31.8. The summed E-state index contributed by atoms with van der Waals surface area (Å²) in [5.74, 6) is -0.930. The van der Waals surface area contributed by atoms with Gasteiger partial charge in [0.2, 0.25) is 17.6 Å². The molecule has 0 aromatic carbocycles. The third-order valence-corrected chi connectivity index (χ3v) is 7.57. The molecule has 0 aromatic rings. The van der Waals surface area contributed by atoms with Crippen LogP contribution in [0.5, 0.6) is 0 Å². The molecule has 1 unspecified atom stereocenters. The van der Waals surface area contributed by atoms with Gasteiger partial charge in [0.1, 0.15) is 17.5 Å². The number of nitrogens with one attached hydrogen (secondary N) is 1. The van der Waals surface area contributed by atoms with Crippen LogP contribution >= 0.6 is 0 Å². The molecular formula is C28H41N4O9S+. The van der Waals surface area contributed by atoms with Crippen LogP contribution in [0.15, 0.2) is 28.3 Å². The zero-order valence-electron chi connectivity index (χ0n) is 25.7. The number of nitrogens with zero attached hydrogens (tertiary/aromatic N) is 3. The Morgan fingerprint density at radius 1 is 1.10 bits per heavy atom. The topological polar surface area (TPSA) is 161 Å². The monoisotopic (exact) mass is 609 g/mol. The average molecular weight is 610 g/mol. The first-order valence-electron chi connectivity index (χ1n) is 13.6. The molecule has 3 aliphatic rings. The number of ether oxygens (including phenoxy) is 3. The molecule has 1 atom stereocenters. The predicted octanol–water partition coefficient (Wildman–Crippen LogP) is 3.05.